The first kappa shape index (κ1) is 7.19. The molecule has 1 nitrogen and oxygen atoms in total. The minimum atomic E-state index is 0.778. The van der Waals surface area contributed by atoms with E-state index in [1.165, 1.54) is 30.2 Å². The predicted molar refractivity (Wildman–Crippen MR) is 54.8 cm³/mol. The summed E-state index contributed by atoms with van der Waals surface area (Å²) in [6.07, 6.45) is 6.35. The molecule has 0 bridgehead atoms. The Morgan fingerprint density at radius 1 is 1.08 bits per heavy atom. The second-order valence-corrected chi connectivity index (χ2v) is 3.87. The largest absolute Gasteiger partial charge is 0.344 e. The van der Waals surface area contributed by atoms with E-state index in [1.54, 1.807) is 0 Å². The van der Waals surface area contributed by atoms with Gasteiger partial charge in [-0.15, -0.1) is 0 Å². The number of nitrogens with zero attached hydrogens (tertiary/aromatic N) is 1. The zero-order valence-corrected chi connectivity index (χ0v) is 7.61. The minimum Gasteiger partial charge on any atom is -0.344 e. The zero-order chi connectivity index (χ0) is 8.67. The van der Waals surface area contributed by atoms with Crippen LogP contribution < -0.4 is 0 Å². The maximum absolute atomic E-state index is 2.43. The molecule has 0 unspecified atom stereocenters. The van der Waals surface area contributed by atoms with E-state index in [4.69, 9.17) is 0 Å². The molecule has 2 aromatic rings. The van der Waals surface area contributed by atoms with Crippen molar-refractivity contribution in [1.29, 1.82) is 0 Å². The van der Waals surface area contributed by atoms with Crippen molar-refractivity contribution in [2.45, 2.75) is 25.3 Å². The summed E-state index contributed by atoms with van der Waals surface area (Å²) in [5, 5.41) is 1.37. The van der Waals surface area contributed by atoms with E-state index in [-0.39, 0.29) is 0 Å². The van der Waals surface area contributed by atoms with Gasteiger partial charge in [-0.25, -0.2) is 0 Å². The summed E-state index contributed by atoms with van der Waals surface area (Å²) < 4.78 is 2.43. The Hall–Kier alpha value is -1.24. The molecule has 13 heavy (non-hydrogen) atoms. The molecule has 0 N–H and O–H groups in total. The molecule has 0 radical (unpaired) electrons. The van der Waals surface area contributed by atoms with Crippen molar-refractivity contribution < 1.29 is 0 Å². The summed E-state index contributed by atoms with van der Waals surface area (Å²) in [6, 6.07) is 11.6. The Morgan fingerprint density at radius 2 is 1.92 bits per heavy atom. The van der Waals surface area contributed by atoms with Gasteiger partial charge in [0.2, 0.25) is 0 Å². The maximum Gasteiger partial charge on any atom is 0.0482 e. The second kappa shape index (κ2) is 2.63. The maximum atomic E-state index is 2.43. The zero-order valence-electron chi connectivity index (χ0n) is 7.61. The highest BCUT2D eigenvalue weighted by Crippen LogP contribution is 2.34. The van der Waals surface area contributed by atoms with Crippen molar-refractivity contribution in [1.82, 2.24) is 4.57 Å². The molecule has 0 saturated heterocycles. The van der Waals surface area contributed by atoms with E-state index in [9.17, 15) is 0 Å². The van der Waals surface area contributed by atoms with Gasteiger partial charge in [0.25, 0.3) is 0 Å². The third kappa shape index (κ3) is 0.998. The summed E-state index contributed by atoms with van der Waals surface area (Å²) in [6.45, 7) is 0. The van der Waals surface area contributed by atoms with Gasteiger partial charge in [0, 0.05) is 17.8 Å². The third-order valence-corrected chi connectivity index (χ3v) is 3.10. The third-order valence-electron chi connectivity index (χ3n) is 3.10. The van der Waals surface area contributed by atoms with Gasteiger partial charge in [0.15, 0.2) is 0 Å². The van der Waals surface area contributed by atoms with Crippen LogP contribution in [-0.2, 0) is 0 Å². The second-order valence-electron chi connectivity index (χ2n) is 3.87. The standard InChI is InChI=1S/C12H13N/c1-2-7-12-10(4-1)8-9-13(12)11-5-3-6-11/h1-2,4,7-9,11H,3,5-6H2. The molecule has 1 heterocycles. The molecule has 0 atom stereocenters. The topological polar surface area (TPSA) is 4.93 Å². The molecule has 0 spiro atoms. The molecule has 3 rings (SSSR count). The number of benzene rings is 1. The number of para-hydroxylation sites is 1. The Balaban J connectivity index is 2.17. The van der Waals surface area contributed by atoms with Crippen LogP contribution in [0.4, 0.5) is 0 Å². The number of rotatable bonds is 1. The molecular formula is C12H13N. The van der Waals surface area contributed by atoms with Gasteiger partial charge < -0.3 is 4.57 Å². The van der Waals surface area contributed by atoms with Crippen molar-refractivity contribution in [3.8, 4) is 0 Å². The van der Waals surface area contributed by atoms with Crippen LogP contribution in [0.1, 0.15) is 25.3 Å². The van der Waals surface area contributed by atoms with Crippen LogP contribution in [0, 0.1) is 0 Å². The van der Waals surface area contributed by atoms with E-state index >= 15 is 0 Å². The predicted octanol–water partition coefficient (Wildman–Crippen LogP) is 3.37. The fraction of sp³-hybridized carbons (Fsp3) is 0.333. The molecule has 0 amide bonds. The highest BCUT2D eigenvalue weighted by Gasteiger charge is 2.19. The first-order valence-corrected chi connectivity index (χ1v) is 5.01. The van der Waals surface area contributed by atoms with Gasteiger partial charge in [0.1, 0.15) is 0 Å². The van der Waals surface area contributed by atoms with Crippen LogP contribution in [0.5, 0.6) is 0 Å². The molecule has 1 heteroatoms. The lowest BCUT2D eigenvalue weighted by Crippen LogP contribution is -2.15. The summed E-state index contributed by atoms with van der Waals surface area (Å²) in [5.41, 5.74) is 1.40. The number of hydrogen-bond acceptors (Lipinski definition) is 0. The number of aromatic nitrogens is 1. The van der Waals surface area contributed by atoms with Crippen molar-refractivity contribution >= 4 is 10.9 Å². The Bertz CT molecular complexity index is 423. The molecule has 1 aromatic carbocycles. The lowest BCUT2D eigenvalue weighted by Gasteiger charge is -2.27. The molecule has 1 saturated carbocycles. The Labute approximate surface area is 78.0 Å². The van der Waals surface area contributed by atoms with Gasteiger partial charge >= 0.3 is 0 Å². The van der Waals surface area contributed by atoms with Crippen LogP contribution in [0.25, 0.3) is 10.9 Å². The lowest BCUT2D eigenvalue weighted by atomic mass is 9.93. The lowest BCUT2D eigenvalue weighted by molar-refractivity contribution is 0.321. The summed E-state index contributed by atoms with van der Waals surface area (Å²) in [5.74, 6) is 0. The first-order valence-electron chi connectivity index (χ1n) is 5.01. The summed E-state index contributed by atoms with van der Waals surface area (Å²) in [4.78, 5) is 0. The van der Waals surface area contributed by atoms with E-state index in [0.29, 0.717) is 0 Å². The highest BCUT2D eigenvalue weighted by atomic mass is 15.0. The van der Waals surface area contributed by atoms with Gasteiger partial charge in [-0.05, 0) is 36.8 Å². The first-order chi connectivity index (χ1) is 6.45. The average molecular weight is 171 g/mol. The summed E-state index contributed by atoms with van der Waals surface area (Å²) >= 11 is 0. The van der Waals surface area contributed by atoms with Gasteiger partial charge in [-0.2, -0.15) is 0 Å². The van der Waals surface area contributed by atoms with E-state index in [2.05, 4.69) is 41.1 Å². The van der Waals surface area contributed by atoms with Gasteiger partial charge in [-0.3, -0.25) is 0 Å². The van der Waals surface area contributed by atoms with Crippen molar-refractivity contribution in [2.75, 3.05) is 0 Å². The van der Waals surface area contributed by atoms with Crippen molar-refractivity contribution in [2.24, 2.45) is 0 Å². The molecule has 1 aliphatic carbocycles. The molecule has 66 valence electrons. The monoisotopic (exact) mass is 171 g/mol. The number of hydrogen-bond donors (Lipinski definition) is 0. The molecular weight excluding hydrogens is 158 g/mol. The Kier molecular flexibility index (Phi) is 1.45. The van der Waals surface area contributed by atoms with Crippen LogP contribution in [0.2, 0.25) is 0 Å². The fourth-order valence-corrected chi connectivity index (χ4v) is 2.09. The van der Waals surface area contributed by atoms with Crippen LogP contribution in [0.15, 0.2) is 36.5 Å². The smallest absolute Gasteiger partial charge is 0.0482 e. The fourth-order valence-electron chi connectivity index (χ4n) is 2.09. The minimum absolute atomic E-state index is 0.778. The van der Waals surface area contributed by atoms with Gasteiger partial charge in [0.05, 0.1) is 0 Å². The van der Waals surface area contributed by atoms with Crippen LogP contribution in [-0.4, -0.2) is 4.57 Å². The van der Waals surface area contributed by atoms with Crippen LogP contribution >= 0.6 is 0 Å². The van der Waals surface area contributed by atoms with Crippen molar-refractivity contribution in [3.63, 3.8) is 0 Å². The molecule has 1 aromatic heterocycles. The van der Waals surface area contributed by atoms with Crippen molar-refractivity contribution in [3.05, 3.63) is 36.5 Å². The quantitative estimate of drug-likeness (QED) is 0.620. The SMILES string of the molecule is c1ccc2c(c1)ccn2C1CCC1. The Morgan fingerprint density at radius 3 is 2.69 bits per heavy atom. The van der Waals surface area contributed by atoms with Crippen LogP contribution in [0.3, 0.4) is 0 Å². The molecule has 0 aliphatic heterocycles. The van der Waals surface area contributed by atoms with E-state index < -0.39 is 0 Å². The molecule has 1 aliphatic rings. The van der Waals surface area contributed by atoms with Gasteiger partial charge in [-0.1, -0.05) is 18.2 Å². The number of fused-ring (bicyclic) bond motifs is 1. The normalized spacial score (nSPS) is 17.5. The highest BCUT2D eigenvalue weighted by molar-refractivity contribution is 5.80. The average Bonchev–Trinajstić information content (AvgIpc) is 2.47. The summed E-state index contributed by atoms with van der Waals surface area (Å²) in [7, 11) is 0. The van der Waals surface area contributed by atoms with E-state index in [1.807, 2.05) is 0 Å². The van der Waals surface area contributed by atoms with E-state index in [0.717, 1.165) is 6.04 Å². The molecule has 1 fully saturated rings.